The van der Waals surface area contributed by atoms with Gasteiger partial charge in [0.05, 0.1) is 0 Å². The molecule has 2 N–H and O–H groups in total. The van der Waals surface area contributed by atoms with Crippen LogP contribution in [0.15, 0.2) is 36.5 Å². The first kappa shape index (κ1) is 12.4. The van der Waals surface area contributed by atoms with Gasteiger partial charge in [0.1, 0.15) is 22.2 Å². The predicted octanol–water partition coefficient (Wildman–Crippen LogP) is 2.79. The van der Waals surface area contributed by atoms with Crippen LogP contribution in [0.25, 0.3) is 0 Å². The van der Waals surface area contributed by atoms with Crippen molar-refractivity contribution in [2.24, 2.45) is 5.73 Å². The van der Waals surface area contributed by atoms with Crippen LogP contribution in [0.4, 0.5) is 8.78 Å². The van der Waals surface area contributed by atoms with Gasteiger partial charge in [-0.3, -0.25) is 4.98 Å². The lowest BCUT2D eigenvalue weighted by atomic mass is 10.3. The number of nitrogens with zero attached hydrogens (tertiary/aromatic N) is 1. The maximum Gasteiger partial charge on any atom is 0.168 e. The molecular weight excluding hydrogens is 258 g/mol. The first-order valence-electron chi connectivity index (χ1n) is 4.95. The normalized spacial score (nSPS) is 10.1. The van der Waals surface area contributed by atoms with Crippen molar-refractivity contribution >= 4 is 17.2 Å². The molecule has 1 aromatic carbocycles. The van der Waals surface area contributed by atoms with E-state index in [1.54, 1.807) is 0 Å². The molecule has 0 aliphatic rings. The van der Waals surface area contributed by atoms with Gasteiger partial charge >= 0.3 is 0 Å². The molecule has 6 heteroatoms. The van der Waals surface area contributed by atoms with Crippen molar-refractivity contribution in [1.29, 1.82) is 0 Å². The minimum Gasteiger partial charge on any atom is -0.454 e. The molecule has 0 fully saturated rings. The third kappa shape index (κ3) is 2.78. The lowest BCUT2D eigenvalue weighted by Crippen LogP contribution is -2.11. The van der Waals surface area contributed by atoms with E-state index in [1.165, 1.54) is 24.4 Å². The second-order valence-electron chi connectivity index (χ2n) is 3.42. The van der Waals surface area contributed by atoms with Crippen LogP contribution in [0, 0.1) is 11.6 Å². The smallest absolute Gasteiger partial charge is 0.168 e. The Morgan fingerprint density at radius 3 is 2.67 bits per heavy atom. The molecule has 2 aromatic rings. The van der Waals surface area contributed by atoms with Crippen LogP contribution in [0.1, 0.15) is 5.69 Å². The largest absolute Gasteiger partial charge is 0.454 e. The average molecular weight is 266 g/mol. The number of thiocarbonyl (C=S) groups is 1. The van der Waals surface area contributed by atoms with Gasteiger partial charge in [-0.15, -0.1) is 0 Å². The lowest BCUT2D eigenvalue weighted by molar-refractivity contribution is 0.437. The average Bonchev–Trinajstić information content (AvgIpc) is 2.33. The summed E-state index contributed by atoms with van der Waals surface area (Å²) in [5.41, 5.74) is 5.78. The second-order valence-corrected chi connectivity index (χ2v) is 3.86. The summed E-state index contributed by atoms with van der Waals surface area (Å²) in [7, 11) is 0. The molecule has 0 unspecified atom stereocenters. The molecule has 0 atom stereocenters. The summed E-state index contributed by atoms with van der Waals surface area (Å²) in [5.74, 6) is -1.23. The molecule has 0 amide bonds. The maximum atomic E-state index is 13.4. The van der Waals surface area contributed by atoms with Gasteiger partial charge in [0.2, 0.25) is 0 Å². The maximum absolute atomic E-state index is 13.4. The fourth-order valence-electron chi connectivity index (χ4n) is 1.29. The Balaban J connectivity index is 2.28. The summed E-state index contributed by atoms with van der Waals surface area (Å²) in [4.78, 5) is 4.03. The number of rotatable bonds is 3. The van der Waals surface area contributed by atoms with E-state index in [-0.39, 0.29) is 10.7 Å². The fraction of sp³-hybridized carbons (Fsp3) is 0. The highest BCUT2D eigenvalue weighted by molar-refractivity contribution is 7.80. The summed E-state index contributed by atoms with van der Waals surface area (Å²) in [5, 5.41) is 0. The van der Waals surface area contributed by atoms with Crippen LogP contribution in [0.5, 0.6) is 11.5 Å². The Morgan fingerprint density at radius 1 is 1.22 bits per heavy atom. The number of pyridine rings is 1. The van der Waals surface area contributed by atoms with Crippen molar-refractivity contribution in [2.45, 2.75) is 0 Å². The molecule has 92 valence electrons. The van der Waals surface area contributed by atoms with Gasteiger partial charge in [0.25, 0.3) is 0 Å². The second kappa shape index (κ2) is 5.05. The Hall–Kier alpha value is -2.08. The van der Waals surface area contributed by atoms with E-state index in [0.717, 1.165) is 12.1 Å². The van der Waals surface area contributed by atoms with E-state index in [1.807, 2.05) is 0 Å². The number of nitrogens with two attached hydrogens (primary N) is 1. The van der Waals surface area contributed by atoms with Gasteiger partial charge in [0, 0.05) is 18.3 Å². The molecule has 2 rings (SSSR count). The molecule has 1 heterocycles. The highest BCUT2D eigenvalue weighted by atomic mass is 32.1. The third-order valence-electron chi connectivity index (χ3n) is 2.11. The first-order chi connectivity index (χ1) is 8.56. The van der Waals surface area contributed by atoms with Crippen LogP contribution in [-0.2, 0) is 0 Å². The van der Waals surface area contributed by atoms with Gasteiger partial charge in [-0.2, -0.15) is 0 Å². The first-order valence-corrected chi connectivity index (χ1v) is 5.36. The fourth-order valence-corrected chi connectivity index (χ4v) is 1.41. The van der Waals surface area contributed by atoms with Crippen LogP contribution in [0.2, 0.25) is 0 Å². The minimum absolute atomic E-state index is 0.0866. The van der Waals surface area contributed by atoms with Gasteiger partial charge in [-0.05, 0) is 18.2 Å². The molecule has 0 saturated heterocycles. The van der Waals surface area contributed by atoms with Crippen molar-refractivity contribution < 1.29 is 13.5 Å². The van der Waals surface area contributed by atoms with Gasteiger partial charge < -0.3 is 10.5 Å². The number of halogens is 2. The zero-order chi connectivity index (χ0) is 13.1. The summed E-state index contributed by atoms with van der Waals surface area (Å²) in [6.45, 7) is 0. The molecule has 0 radical (unpaired) electrons. The van der Waals surface area contributed by atoms with Gasteiger partial charge in [-0.25, -0.2) is 8.78 Å². The number of aromatic nitrogens is 1. The van der Waals surface area contributed by atoms with Crippen molar-refractivity contribution in [3.63, 3.8) is 0 Å². The number of hydrogen-bond donors (Lipinski definition) is 1. The third-order valence-corrected chi connectivity index (χ3v) is 2.31. The molecule has 18 heavy (non-hydrogen) atoms. The van der Waals surface area contributed by atoms with E-state index in [2.05, 4.69) is 4.98 Å². The van der Waals surface area contributed by atoms with Crippen molar-refractivity contribution in [3.8, 4) is 11.5 Å². The number of benzene rings is 1. The molecule has 0 spiro atoms. The zero-order valence-corrected chi connectivity index (χ0v) is 9.88. The summed E-state index contributed by atoms with van der Waals surface area (Å²) < 4.78 is 31.3. The van der Waals surface area contributed by atoms with Crippen molar-refractivity contribution in [3.05, 3.63) is 53.9 Å². The molecular formula is C12H8F2N2OS. The molecule has 0 aliphatic carbocycles. The van der Waals surface area contributed by atoms with Gasteiger partial charge in [0.15, 0.2) is 11.6 Å². The quantitative estimate of drug-likeness (QED) is 0.868. The highest BCUT2D eigenvalue weighted by Gasteiger charge is 2.07. The summed E-state index contributed by atoms with van der Waals surface area (Å²) in [6.07, 6.45) is 1.44. The summed E-state index contributed by atoms with van der Waals surface area (Å²) >= 11 is 4.77. The molecule has 1 aromatic heterocycles. The van der Waals surface area contributed by atoms with Crippen LogP contribution < -0.4 is 10.5 Å². The van der Waals surface area contributed by atoms with Crippen LogP contribution in [0.3, 0.4) is 0 Å². The Labute approximate surface area is 107 Å². The standard InChI is InChI=1S/C12H8F2N2OS/c13-7-1-2-11(9(14)5-7)17-8-3-4-16-10(6-8)12(15)18/h1-6H,(H2,15,18). The van der Waals surface area contributed by atoms with E-state index in [9.17, 15) is 8.78 Å². The van der Waals surface area contributed by atoms with Crippen LogP contribution >= 0.6 is 12.2 Å². The zero-order valence-electron chi connectivity index (χ0n) is 9.06. The van der Waals surface area contributed by atoms with E-state index >= 15 is 0 Å². The van der Waals surface area contributed by atoms with Crippen LogP contribution in [-0.4, -0.2) is 9.97 Å². The minimum atomic E-state index is -0.788. The lowest BCUT2D eigenvalue weighted by Gasteiger charge is -2.07. The Morgan fingerprint density at radius 2 is 2.00 bits per heavy atom. The van der Waals surface area contributed by atoms with E-state index in [4.69, 9.17) is 22.7 Å². The van der Waals surface area contributed by atoms with E-state index in [0.29, 0.717) is 11.4 Å². The molecule has 0 saturated carbocycles. The number of ether oxygens (including phenoxy) is 1. The van der Waals surface area contributed by atoms with Gasteiger partial charge in [-0.1, -0.05) is 12.2 Å². The van der Waals surface area contributed by atoms with E-state index < -0.39 is 11.6 Å². The predicted molar refractivity (Wildman–Crippen MR) is 66.6 cm³/mol. The monoisotopic (exact) mass is 266 g/mol. The Kier molecular flexibility index (Phi) is 3.47. The van der Waals surface area contributed by atoms with Crippen molar-refractivity contribution in [1.82, 2.24) is 4.98 Å². The summed E-state index contributed by atoms with van der Waals surface area (Å²) in [6, 6.07) is 6.04. The highest BCUT2D eigenvalue weighted by Crippen LogP contribution is 2.24. The number of hydrogen-bond acceptors (Lipinski definition) is 3. The van der Waals surface area contributed by atoms with Crippen molar-refractivity contribution in [2.75, 3.05) is 0 Å². The Bertz CT molecular complexity index is 604. The molecule has 0 aliphatic heterocycles. The SMILES string of the molecule is NC(=S)c1cc(Oc2ccc(F)cc2F)ccn1. The molecule has 0 bridgehead atoms. The molecule has 3 nitrogen and oxygen atoms in total. The topological polar surface area (TPSA) is 48.1 Å².